The first-order valence-corrected chi connectivity index (χ1v) is 8.49. The number of carbonyl (C=O) groups is 1. The zero-order valence-electron chi connectivity index (χ0n) is 14.7. The predicted molar refractivity (Wildman–Crippen MR) is 98.6 cm³/mol. The van der Waals surface area contributed by atoms with E-state index in [0.717, 1.165) is 35.4 Å². The summed E-state index contributed by atoms with van der Waals surface area (Å²) < 4.78 is 10.8. The number of hydrogen-bond acceptors (Lipinski definition) is 4. The van der Waals surface area contributed by atoms with Crippen molar-refractivity contribution in [2.75, 3.05) is 20.7 Å². The summed E-state index contributed by atoms with van der Waals surface area (Å²) in [6.07, 6.45) is 3.42. The molecule has 4 heteroatoms. The average molecular weight is 337 g/mol. The van der Waals surface area contributed by atoms with Gasteiger partial charge in [0.1, 0.15) is 12.4 Å². The van der Waals surface area contributed by atoms with Crippen LogP contribution in [0.5, 0.6) is 5.75 Å². The number of benzene rings is 2. The van der Waals surface area contributed by atoms with Crippen LogP contribution in [0.4, 0.5) is 0 Å². The molecular weight excluding hydrogens is 314 g/mol. The van der Waals surface area contributed by atoms with Gasteiger partial charge in [-0.3, -0.25) is 4.79 Å². The Kier molecular flexibility index (Phi) is 5.51. The van der Waals surface area contributed by atoms with Crippen LogP contribution in [0.25, 0.3) is 5.57 Å². The van der Waals surface area contributed by atoms with E-state index in [2.05, 4.69) is 23.5 Å². The van der Waals surface area contributed by atoms with E-state index in [1.54, 1.807) is 0 Å². The fourth-order valence-corrected chi connectivity index (χ4v) is 3.05. The Balaban J connectivity index is 2.07. The number of fused-ring (bicyclic) bond motifs is 2. The van der Waals surface area contributed by atoms with Crippen molar-refractivity contribution in [3.8, 4) is 5.75 Å². The van der Waals surface area contributed by atoms with Crippen LogP contribution in [0.1, 0.15) is 28.7 Å². The summed E-state index contributed by atoms with van der Waals surface area (Å²) in [4.78, 5) is 11.6. The second-order valence-electron chi connectivity index (χ2n) is 6.04. The highest BCUT2D eigenvalue weighted by Crippen LogP contribution is 2.37. The molecule has 1 heterocycles. The maximum Gasteiger partial charge on any atom is 0.309 e. The number of nitrogens with one attached hydrogen (secondary N) is 1. The molecular formula is C21H23NO3. The Morgan fingerprint density at radius 2 is 2.08 bits per heavy atom. The molecule has 1 aliphatic rings. The van der Waals surface area contributed by atoms with Gasteiger partial charge in [0.25, 0.3) is 0 Å². The molecule has 130 valence electrons. The topological polar surface area (TPSA) is 47.6 Å². The normalized spacial score (nSPS) is 14.2. The quantitative estimate of drug-likeness (QED) is 0.671. The van der Waals surface area contributed by atoms with Crippen LogP contribution in [0, 0.1) is 0 Å². The summed E-state index contributed by atoms with van der Waals surface area (Å²) in [6.45, 7) is 1.45. The summed E-state index contributed by atoms with van der Waals surface area (Å²) >= 11 is 0. The summed E-state index contributed by atoms with van der Waals surface area (Å²) in [5, 5.41) is 3.18. The van der Waals surface area contributed by atoms with Crippen LogP contribution in [0.2, 0.25) is 0 Å². The van der Waals surface area contributed by atoms with Crippen LogP contribution in [-0.4, -0.2) is 26.7 Å². The Morgan fingerprint density at radius 1 is 1.24 bits per heavy atom. The number of esters is 1. The number of rotatable bonds is 5. The molecule has 0 atom stereocenters. The van der Waals surface area contributed by atoms with Crippen LogP contribution in [0.15, 0.2) is 48.5 Å². The Hall–Kier alpha value is -2.59. The third-order valence-corrected chi connectivity index (χ3v) is 4.34. The lowest BCUT2D eigenvalue weighted by Gasteiger charge is -2.12. The molecule has 0 saturated heterocycles. The van der Waals surface area contributed by atoms with Gasteiger partial charge in [-0.2, -0.15) is 0 Å². The van der Waals surface area contributed by atoms with E-state index in [4.69, 9.17) is 9.47 Å². The molecule has 0 unspecified atom stereocenters. The molecule has 4 nitrogen and oxygen atoms in total. The van der Waals surface area contributed by atoms with Gasteiger partial charge in [0.15, 0.2) is 0 Å². The molecule has 0 amide bonds. The molecule has 1 N–H and O–H groups in total. The highest BCUT2D eigenvalue weighted by Gasteiger charge is 2.19. The predicted octanol–water partition coefficient (Wildman–Crippen LogP) is 3.34. The third kappa shape index (κ3) is 3.91. The lowest BCUT2D eigenvalue weighted by molar-refractivity contribution is -0.139. The lowest BCUT2D eigenvalue weighted by Crippen LogP contribution is -2.06. The van der Waals surface area contributed by atoms with E-state index in [0.29, 0.717) is 6.61 Å². The summed E-state index contributed by atoms with van der Waals surface area (Å²) in [5.41, 5.74) is 5.47. The number of methoxy groups -OCH3 is 1. The van der Waals surface area contributed by atoms with Crippen molar-refractivity contribution in [3.63, 3.8) is 0 Å². The number of hydrogen-bond donors (Lipinski definition) is 1. The first kappa shape index (κ1) is 17.2. The second kappa shape index (κ2) is 7.99. The summed E-state index contributed by atoms with van der Waals surface area (Å²) in [5.74, 6) is 0.608. The van der Waals surface area contributed by atoms with Gasteiger partial charge in [-0.15, -0.1) is 0 Å². The summed E-state index contributed by atoms with van der Waals surface area (Å²) in [6, 6.07) is 14.2. The maximum atomic E-state index is 11.6. The SMILES string of the molecule is CNCC/C=C1\c2ccccc2COc2ccc(CC(=O)OC)cc21. The molecule has 0 radical (unpaired) electrons. The fraction of sp³-hybridized carbons (Fsp3) is 0.286. The van der Waals surface area contributed by atoms with Crippen LogP contribution < -0.4 is 10.1 Å². The number of carbonyl (C=O) groups excluding carboxylic acids is 1. The average Bonchev–Trinajstić information content (AvgIpc) is 2.79. The second-order valence-corrected chi connectivity index (χ2v) is 6.04. The molecule has 25 heavy (non-hydrogen) atoms. The lowest BCUT2D eigenvalue weighted by atomic mass is 9.92. The highest BCUT2D eigenvalue weighted by molar-refractivity contribution is 5.85. The molecule has 2 aromatic carbocycles. The third-order valence-electron chi connectivity index (χ3n) is 4.34. The highest BCUT2D eigenvalue weighted by atomic mass is 16.5. The minimum absolute atomic E-state index is 0.240. The van der Waals surface area contributed by atoms with E-state index in [9.17, 15) is 4.79 Å². The van der Waals surface area contributed by atoms with Crippen LogP contribution in [0.3, 0.4) is 0 Å². The van der Waals surface area contributed by atoms with Crippen molar-refractivity contribution in [1.29, 1.82) is 0 Å². The monoisotopic (exact) mass is 337 g/mol. The zero-order chi connectivity index (χ0) is 17.6. The van der Waals surface area contributed by atoms with Gasteiger partial charge in [-0.05, 0) is 54.4 Å². The Bertz CT molecular complexity index is 795. The maximum absolute atomic E-state index is 11.6. The standard InChI is InChI=1S/C21H23NO3/c1-22-11-5-8-18-17-7-4-3-6-16(17)14-25-20-10-9-15(12-19(18)20)13-21(23)24-2/h3-4,6-10,12,22H,5,11,13-14H2,1-2H3/b18-8+. The van der Waals surface area contributed by atoms with Crippen molar-refractivity contribution in [3.05, 3.63) is 70.8 Å². The summed E-state index contributed by atoms with van der Waals surface area (Å²) in [7, 11) is 3.36. The van der Waals surface area contributed by atoms with Gasteiger partial charge < -0.3 is 14.8 Å². The molecule has 1 aliphatic heterocycles. The molecule has 2 aromatic rings. The van der Waals surface area contributed by atoms with Gasteiger partial charge >= 0.3 is 5.97 Å². The fourth-order valence-electron chi connectivity index (χ4n) is 3.05. The molecule has 0 spiro atoms. The van der Waals surface area contributed by atoms with Crippen molar-refractivity contribution < 1.29 is 14.3 Å². The van der Waals surface area contributed by atoms with E-state index in [-0.39, 0.29) is 12.4 Å². The van der Waals surface area contributed by atoms with Gasteiger partial charge in [0, 0.05) is 5.56 Å². The zero-order valence-corrected chi connectivity index (χ0v) is 14.7. The van der Waals surface area contributed by atoms with E-state index < -0.39 is 0 Å². The first-order valence-electron chi connectivity index (χ1n) is 8.49. The van der Waals surface area contributed by atoms with E-state index in [1.165, 1.54) is 18.2 Å². The molecule has 0 bridgehead atoms. The molecule has 0 aliphatic carbocycles. The van der Waals surface area contributed by atoms with Crippen LogP contribution >= 0.6 is 0 Å². The Morgan fingerprint density at radius 3 is 2.88 bits per heavy atom. The largest absolute Gasteiger partial charge is 0.488 e. The molecule has 0 saturated carbocycles. The van der Waals surface area contributed by atoms with Gasteiger partial charge in [-0.1, -0.05) is 36.4 Å². The smallest absolute Gasteiger partial charge is 0.309 e. The molecule has 0 aromatic heterocycles. The minimum atomic E-state index is -0.240. The molecule has 0 fully saturated rings. The van der Waals surface area contributed by atoms with Crippen molar-refractivity contribution in [2.45, 2.75) is 19.4 Å². The van der Waals surface area contributed by atoms with Gasteiger partial charge in [-0.25, -0.2) is 0 Å². The van der Waals surface area contributed by atoms with Gasteiger partial charge in [0.05, 0.1) is 13.5 Å². The van der Waals surface area contributed by atoms with Crippen molar-refractivity contribution in [1.82, 2.24) is 5.32 Å². The number of ether oxygens (including phenoxy) is 2. The Labute approximate surface area is 148 Å². The van der Waals surface area contributed by atoms with Gasteiger partial charge in [0.2, 0.25) is 0 Å². The van der Waals surface area contributed by atoms with E-state index >= 15 is 0 Å². The molecule has 3 rings (SSSR count). The van der Waals surface area contributed by atoms with Crippen LogP contribution in [-0.2, 0) is 22.6 Å². The van der Waals surface area contributed by atoms with Crippen molar-refractivity contribution in [2.24, 2.45) is 0 Å². The van der Waals surface area contributed by atoms with Crippen molar-refractivity contribution >= 4 is 11.5 Å². The van der Waals surface area contributed by atoms with E-state index in [1.807, 2.05) is 37.4 Å². The minimum Gasteiger partial charge on any atom is -0.488 e. The first-order chi connectivity index (χ1) is 12.2.